The number of carboxylic acids is 3. The Hall–Kier alpha value is -4.54. The predicted molar refractivity (Wildman–Crippen MR) is 117 cm³/mol. The maximum absolute atomic E-state index is 12.8. The van der Waals surface area contributed by atoms with Crippen LogP contribution in [-0.2, 0) is 40.0 Å². The molecule has 4 amide bonds. The largest absolute Gasteiger partial charge is 0.481 e. The molecule has 0 aromatic carbocycles. The van der Waals surface area contributed by atoms with Crippen LogP contribution in [-0.4, -0.2) is 91.0 Å². The Bertz CT molecular complexity index is 981. The number of aromatic amines is 1. The highest BCUT2D eigenvalue weighted by Crippen LogP contribution is 2.04. The van der Waals surface area contributed by atoms with Crippen molar-refractivity contribution >= 4 is 41.5 Å². The number of carbonyl (C=O) groups is 7. The van der Waals surface area contributed by atoms with Crippen LogP contribution in [0.5, 0.6) is 0 Å². The van der Waals surface area contributed by atoms with E-state index < -0.39 is 91.4 Å². The van der Waals surface area contributed by atoms with Crippen molar-refractivity contribution in [3.63, 3.8) is 0 Å². The smallest absolute Gasteiger partial charge is 0.326 e. The molecule has 0 saturated carbocycles. The van der Waals surface area contributed by atoms with Crippen LogP contribution in [0.1, 0.15) is 31.4 Å². The number of amides is 4. The molecule has 1 aromatic heterocycles. The lowest BCUT2D eigenvalue weighted by Gasteiger charge is -2.24. The fraction of sp³-hybridized carbons (Fsp3) is 0.474. The summed E-state index contributed by atoms with van der Waals surface area (Å²) < 4.78 is 0. The number of nitrogens with zero attached hydrogens (tertiary/aromatic N) is 1. The maximum atomic E-state index is 12.8. The normalized spacial score (nSPS) is 13.9. The van der Waals surface area contributed by atoms with Crippen molar-refractivity contribution in [2.75, 3.05) is 0 Å². The highest BCUT2D eigenvalue weighted by atomic mass is 16.4. The van der Waals surface area contributed by atoms with E-state index in [9.17, 15) is 33.6 Å². The second-order valence-electron chi connectivity index (χ2n) is 7.61. The molecule has 0 radical (unpaired) electrons. The molecule has 17 heteroatoms. The SMILES string of the molecule is NC(=O)CC(NC(=O)C(CCC(=O)O)NC(=O)C(N)Cc1cnc[nH]1)C(=O)NC(CC(=O)O)C(=O)O. The molecule has 0 aliphatic carbocycles. The third-order valence-electron chi connectivity index (χ3n) is 4.64. The molecule has 11 N–H and O–H groups in total. The molecule has 0 aliphatic heterocycles. The molecule has 1 rings (SSSR count). The first-order valence-corrected chi connectivity index (χ1v) is 10.4. The molecular formula is C19H27N7O10. The molecule has 4 atom stereocenters. The Kier molecular flexibility index (Phi) is 11.5. The first-order valence-electron chi connectivity index (χ1n) is 10.4. The zero-order chi connectivity index (χ0) is 27.4. The zero-order valence-electron chi connectivity index (χ0n) is 18.8. The fourth-order valence-corrected chi connectivity index (χ4v) is 2.87. The van der Waals surface area contributed by atoms with Crippen LogP contribution < -0.4 is 27.4 Å². The predicted octanol–water partition coefficient (Wildman–Crippen LogP) is -3.97. The van der Waals surface area contributed by atoms with E-state index in [1.807, 2.05) is 5.32 Å². The summed E-state index contributed by atoms with van der Waals surface area (Å²) >= 11 is 0. The van der Waals surface area contributed by atoms with Gasteiger partial charge in [-0.2, -0.15) is 0 Å². The Labute approximate surface area is 203 Å². The van der Waals surface area contributed by atoms with Crippen molar-refractivity contribution in [2.45, 2.75) is 56.3 Å². The fourth-order valence-electron chi connectivity index (χ4n) is 2.87. The number of aromatic nitrogens is 2. The maximum Gasteiger partial charge on any atom is 0.326 e. The van der Waals surface area contributed by atoms with E-state index in [0.717, 1.165) is 0 Å². The summed E-state index contributed by atoms with van der Waals surface area (Å²) in [5, 5.41) is 33.1. The van der Waals surface area contributed by atoms with Crippen molar-refractivity contribution in [1.29, 1.82) is 0 Å². The Balaban J connectivity index is 3.00. The lowest BCUT2D eigenvalue weighted by Crippen LogP contribution is -2.58. The van der Waals surface area contributed by atoms with Gasteiger partial charge in [-0.3, -0.25) is 28.8 Å². The molecule has 0 saturated heterocycles. The van der Waals surface area contributed by atoms with Gasteiger partial charge in [0.1, 0.15) is 18.1 Å². The monoisotopic (exact) mass is 513 g/mol. The minimum absolute atomic E-state index is 0.00592. The quantitative estimate of drug-likeness (QED) is 0.102. The molecule has 0 fully saturated rings. The topological polar surface area (TPSA) is 297 Å². The molecule has 1 heterocycles. The van der Waals surface area contributed by atoms with Crippen LogP contribution in [0.4, 0.5) is 0 Å². The third kappa shape index (κ3) is 10.6. The van der Waals surface area contributed by atoms with E-state index in [1.54, 1.807) is 0 Å². The number of carboxylic acid groups (broad SMARTS) is 3. The van der Waals surface area contributed by atoms with Gasteiger partial charge >= 0.3 is 17.9 Å². The molecule has 0 spiro atoms. The van der Waals surface area contributed by atoms with Crippen LogP contribution in [0, 0.1) is 0 Å². The van der Waals surface area contributed by atoms with E-state index in [2.05, 4.69) is 20.6 Å². The van der Waals surface area contributed by atoms with E-state index in [4.69, 9.17) is 26.8 Å². The summed E-state index contributed by atoms with van der Waals surface area (Å²) in [4.78, 5) is 88.8. The van der Waals surface area contributed by atoms with Gasteiger partial charge in [0.15, 0.2) is 0 Å². The van der Waals surface area contributed by atoms with Crippen LogP contribution in [0.3, 0.4) is 0 Å². The summed E-state index contributed by atoms with van der Waals surface area (Å²) in [5.41, 5.74) is 11.4. The van der Waals surface area contributed by atoms with Gasteiger partial charge in [-0.05, 0) is 6.42 Å². The number of rotatable bonds is 16. The van der Waals surface area contributed by atoms with Gasteiger partial charge in [-0.25, -0.2) is 9.78 Å². The van der Waals surface area contributed by atoms with Crippen molar-refractivity contribution < 1.29 is 48.9 Å². The standard InChI is InChI=1S/C19H27N7O10/c20-9(3-8-6-22-7-23-8)16(32)24-10(1-2-14(28)29)17(33)25-11(4-13(21)27)18(34)26-12(19(35)36)5-15(30)31/h6-7,9-12H,1-5,20H2,(H2,21,27)(H,22,23)(H,24,32)(H,25,33)(H,26,34)(H,28,29)(H,30,31)(H,35,36). The van der Waals surface area contributed by atoms with Crippen molar-refractivity contribution in [3.05, 3.63) is 18.2 Å². The molecule has 17 nitrogen and oxygen atoms in total. The first kappa shape index (κ1) is 29.5. The molecule has 0 bridgehead atoms. The zero-order valence-corrected chi connectivity index (χ0v) is 18.8. The summed E-state index contributed by atoms with van der Waals surface area (Å²) in [5.74, 6) is -8.77. The average molecular weight is 513 g/mol. The second-order valence-corrected chi connectivity index (χ2v) is 7.61. The number of nitrogens with one attached hydrogen (secondary N) is 4. The highest BCUT2D eigenvalue weighted by molar-refractivity contribution is 5.96. The average Bonchev–Trinajstić information content (AvgIpc) is 3.27. The Morgan fingerprint density at radius 2 is 1.44 bits per heavy atom. The Morgan fingerprint density at radius 1 is 0.861 bits per heavy atom. The minimum Gasteiger partial charge on any atom is -0.481 e. The van der Waals surface area contributed by atoms with Crippen LogP contribution >= 0.6 is 0 Å². The number of carbonyl (C=O) groups excluding carboxylic acids is 4. The van der Waals surface area contributed by atoms with E-state index >= 15 is 0 Å². The van der Waals surface area contributed by atoms with Gasteiger partial charge < -0.3 is 47.7 Å². The number of imidazole rings is 1. The van der Waals surface area contributed by atoms with Crippen LogP contribution in [0.25, 0.3) is 0 Å². The molecule has 0 aliphatic rings. The van der Waals surface area contributed by atoms with Crippen molar-refractivity contribution in [3.8, 4) is 0 Å². The number of H-pyrrole nitrogens is 1. The number of aliphatic carboxylic acids is 3. The van der Waals surface area contributed by atoms with Gasteiger partial charge in [-0.15, -0.1) is 0 Å². The molecular weight excluding hydrogens is 486 g/mol. The van der Waals surface area contributed by atoms with Crippen LogP contribution in [0.2, 0.25) is 0 Å². The van der Waals surface area contributed by atoms with Crippen molar-refractivity contribution in [1.82, 2.24) is 25.9 Å². The van der Waals surface area contributed by atoms with E-state index in [0.29, 0.717) is 5.69 Å². The van der Waals surface area contributed by atoms with Gasteiger partial charge in [0.05, 0.1) is 25.2 Å². The summed E-state index contributed by atoms with van der Waals surface area (Å²) in [6.45, 7) is 0. The van der Waals surface area contributed by atoms with Gasteiger partial charge in [0, 0.05) is 24.7 Å². The van der Waals surface area contributed by atoms with E-state index in [1.165, 1.54) is 12.5 Å². The molecule has 1 aromatic rings. The summed E-state index contributed by atoms with van der Waals surface area (Å²) in [6.07, 6.45) is -0.0144. The number of hydrogen-bond donors (Lipinski definition) is 9. The van der Waals surface area contributed by atoms with Gasteiger partial charge in [0.25, 0.3) is 0 Å². The van der Waals surface area contributed by atoms with Gasteiger partial charge in [-0.1, -0.05) is 0 Å². The Morgan fingerprint density at radius 3 is 1.94 bits per heavy atom. The molecule has 36 heavy (non-hydrogen) atoms. The van der Waals surface area contributed by atoms with Gasteiger partial charge in [0.2, 0.25) is 23.6 Å². The summed E-state index contributed by atoms with van der Waals surface area (Å²) in [6, 6.07) is -6.32. The number of nitrogens with two attached hydrogens (primary N) is 2. The molecule has 4 unspecified atom stereocenters. The lowest BCUT2D eigenvalue weighted by atomic mass is 10.1. The van der Waals surface area contributed by atoms with Crippen molar-refractivity contribution in [2.24, 2.45) is 11.5 Å². The van der Waals surface area contributed by atoms with E-state index in [-0.39, 0.29) is 6.42 Å². The second kappa shape index (κ2) is 14.0. The minimum atomic E-state index is -1.88. The summed E-state index contributed by atoms with van der Waals surface area (Å²) in [7, 11) is 0. The third-order valence-corrected chi connectivity index (χ3v) is 4.64. The van der Waals surface area contributed by atoms with Crippen LogP contribution in [0.15, 0.2) is 12.5 Å². The molecule has 198 valence electrons. The highest BCUT2D eigenvalue weighted by Gasteiger charge is 2.32. The first-order chi connectivity index (χ1) is 16.8. The number of primary amides is 1. The number of hydrogen-bond acceptors (Lipinski definition) is 9. The lowest BCUT2D eigenvalue weighted by molar-refractivity contribution is -0.147.